The number of aliphatic hydroxyl groups is 1. The number of amides is 6. The van der Waals surface area contributed by atoms with E-state index in [-0.39, 0.29) is 43.8 Å². The van der Waals surface area contributed by atoms with Crippen molar-refractivity contribution < 1.29 is 57.5 Å². The number of benzene rings is 1. The first kappa shape index (κ1) is 50.6. The Hall–Kier alpha value is -4.72. The lowest BCUT2D eigenvalue weighted by atomic mass is 10.0. The van der Waals surface area contributed by atoms with Crippen molar-refractivity contribution in [3.63, 3.8) is 0 Å². The number of nitrogens with one attached hydrogen (secondary N) is 4. The van der Waals surface area contributed by atoms with Crippen LogP contribution in [0.15, 0.2) is 42.9 Å². The number of phosphoric acid groups is 1. The third-order valence-electron chi connectivity index (χ3n) is 9.98. The monoisotopic (exact) mass is 878 g/mol. The molecule has 1 aromatic heterocycles. The van der Waals surface area contributed by atoms with Crippen LogP contribution in [-0.4, -0.2) is 127 Å². The van der Waals surface area contributed by atoms with Crippen LogP contribution >= 0.6 is 7.82 Å². The van der Waals surface area contributed by atoms with Gasteiger partial charge in [0, 0.05) is 31.4 Å². The number of aryl methyl sites for hydroxylation is 2. The average Bonchev–Trinajstić information content (AvgIpc) is 3.86. The van der Waals surface area contributed by atoms with Crippen molar-refractivity contribution in [2.75, 3.05) is 19.8 Å². The first-order chi connectivity index (χ1) is 28.8. The molecule has 2 aromatic rings. The molecule has 9 N–H and O–H groups in total. The number of hydrogen-bond donors (Lipinski definition) is 8. The lowest BCUT2D eigenvalue weighted by molar-refractivity contribution is -0.140. The topological polar surface area (TPSA) is 294 Å². The van der Waals surface area contributed by atoms with Crippen molar-refractivity contribution in [3.05, 3.63) is 54.1 Å². The first-order valence-electron chi connectivity index (χ1n) is 20.6. The molecule has 0 saturated carbocycles. The standard InChI is InChI=1S/C40H63N8O12P/c1-25(2)20-30(44-40(55)33-15-11-18-48(33)34(50)16-19-59-26(3)4)37(52)43-31(21-29-22-42-24-47(29)17-10-9-14-28-12-7-6-8-13-28)38(53)45-32(23-49)39(54)46-35(36(41)51)27(5)60-61(56,57)58/h6-8,12-13,22,24-27,30-33,35,49H,9-11,14-21,23H2,1-5H3,(H2,41,51)(H,43,52)(H,44,55)(H,45,53)(H,46,54)(H2,56,57,58)/t27-,30+,31+,32+,33+,35+/m1/s1. The van der Waals surface area contributed by atoms with Crippen LogP contribution in [0.4, 0.5) is 0 Å². The fourth-order valence-electron chi connectivity index (χ4n) is 6.92. The summed E-state index contributed by atoms with van der Waals surface area (Å²) >= 11 is 0. The van der Waals surface area contributed by atoms with E-state index in [1.165, 1.54) is 16.7 Å². The number of unbranched alkanes of at least 4 members (excludes halogenated alkanes) is 1. The van der Waals surface area contributed by atoms with Gasteiger partial charge in [-0.05, 0) is 70.8 Å². The number of phosphoric ester groups is 1. The quantitative estimate of drug-likeness (QED) is 0.0464. The number of carbonyl (C=O) groups excluding carboxylic acids is 6. The highest BCUT2D eigenvalue weighted by molar-refractivity contribution is 7.46. The molecule has 340 valence electrons. The molecular weight excluding hydrogens is 815 g/mol. The highest BCUT2D eigenvalue weighted by Gasteiger charge is 2.38. The van der Waals surface area contributed by atoms with E-state index in [2.05, 4.69) is 30.8 Å². The SMILES string of the molecule is CC(C)C[C@H](NC(=O)[C@@H]1CCCN1C(=O)CCOC(C)C)C(=O)N[C@@H](Cc1cncn1CCCCc1ccccc1)C(=O)N[C@@H](CO)C(=O)N[C@H](C(N)=O)[C@@H](C)OP(=O)(O)O. The predicted octanol–water partition coefficient (Wildman–Crippen LogP) is 0.215. The second-order valence-electron chi connectivity index (χ2n) is 15.8. The summed E-state index contributed by atoms with van der Waals surface area (Å²) in [7, 11) is -5.12. The molecule has 3 rings (SSSR count). The Balaban J connectivity index is 1.84. The van der Waals surface area contributed by atoms with E-state index in [1.807, 2.05) is 62.6 Å². The number of nitrogens with two attached hydrogens (primary N) is 1. The molecule has 21 heteroatoms. The number of rotatable bonds is 26. The van der Waals surface area contributed by atoms with Crippen LogP contribution in [0, 0.1) is 5.92 Å². The largest absolute Gasteiger partial charge is 0.469 e. The Bertz CT molecular complexity index is 1810. The molecule has 6 amide bonds. The number of likely N-dealkylation sites (tertiary alicyclic amines) is 1. The summed E-state index contributed by atoms with van der Waals surface area (Å²) in [6.45, 7) is 8.59. The van der Waals surface area contributed by atoms with Gasteiger partial charge in [0.25, 0.3) is 0 Å². The van der Waals surface area contributed by atoms with Crippen molar-refractivity contribution in [1.82, 2.24) is 35.7 Å². The highest BCUT2D eigenvalue weighted by Crippen LogP contribution is 2.38. The number of hydrogen-bond acceptors (Lipinski definition) is 11. The molecule has 1 aliphatic heterocycles. The molecule has 2 heterocycles. The smallest absolute Gasteiger partial charge is 0.394 e. The number of aromatic nitrogens is 2. The fraction of sp³-hybridized carbons (Fsp3) is 0.625. The molecule has 1 saturated heterocycles. The zero-order chi connectivity index (χ0) is 45.3. The van der Waals surface area contributed by atoms with Gasteiger partial charge in [-0.3, -0.25) is 33.3 Å². The molecule has 20 nitrogen and oxygen atoms in total. The summed E-state index contributed by atoms with van der Waals surface area (Å²) in [6, 6.07) is 3.10. The van der Waals surface area contributed by atoms with E-state index in [0.29, 0.717) is 31.6 Å². The number of ether oxygens (including phenoxy) is 1. The number of nitrogens with zero attached hydrogens (tertiary/aromatic N) is 3. The molecule has 1 aliphatic rings. The van der Waals surface area contributed by atoms with Gasteiger partial charge >= 0.3 is 7.82 Å². The summed E-state index contributed by atoms with van der Waals surface area (Å²) in [5, 5.41) is 20.2. The number of aliphatic hydroxyl groups excluding tert-OH is 1. The molecule has 0 spiro atoms. The van der Waals surface area contributed by atoms with Crippen molar-refractivity contribution >= 4 is 43.3 Å². The summed E-state index contributed by atoms with van der Waals surface area (Å²) < 4.78 is 23.3. The normalized spacial score (nSPS) is 16.7. The van der Waals surface area contributed by atoms with Crippen LogP contribution in [0.2, 0.25) is 0 Å². The van der Waals surface area contributed by atoms with Crippen molar-refractivity contribution in [1.29, 1.82) is 0 Å². The Morgan fingerprint density at radius 2 is 1.57 bits per heavy atom. The number of primary amides is 1. The first-order valence-corrected chi connectivity index (χ1v) is 22.1. The van der Waals surface area contributed by atoms with Gasteiger partial charge in [0.2, 0.25) is 35.4 Å². The van der Waals surface area contributed by atoms with Crippen LogP contribution in [-0.2, 0) is 62.0 Å². The van der Waals surface area contributed by atoms with E-state index < -0.39 is 80.3 Å². The second kappa shape index (κ2) is 24.7. The lowest BCUT2D eigenvalue weighted by Gasteiger charge is -2.29. The Kier molecular flexibility index (Phi) is 20.5. The molecule has 0 unspecified atom stereocenters. The average molecular weight is 879 g/mol. The van der Waals surface area contributed by atoms with Crippen LogP contribution in [0.1, 0.15) is 84.4 Å². The highest BCUT2D eigenvalue weighted by atomic mass is 31.2. The minimum atomic E-state index is -5.12. The Labute approximate surface area is 356 Å². The van der Waals surface area contributed by atoms with Crippen molar-refractivity contribution in [2.45, 2.75) is 135 Å². The van der Waals surface area contributed by atoms with Gasteiger partial charge in [0.15, 0.2) is 0 Å². The van der Waals surface area contributed by atoms with Crippen LogP contribution in [0.3, 0.4) is 0 Å². The Morgan fingerprint density at radius 3 is 2.20 bits per heavy atom. The minimum Gasteiger partial charge on any atom is -0.394 e. The maximum atomic E-state index is 14.1. The third kappa shape index (κ3) is 17.3. The van der Waals surface area contributed by atoms with Crippen LogP contribution in [0.25, 0.3) is 0 Å². The second-order valence-corrected chi connectivity index (χ2v) is 17.0. The van der Waals surface area contributed by atoms with Gasteiger partial charge in [0.1, 0.15) is 30.2 Å². The Morgan fingerprint density at radius 1 is 0.918 bits per heavy atom. The molecule has 0 bridgehead atoms. The molecule has 0 aliphatic carbocycles. The molecule has 0 radical (unpaired) electrons. The summed E-state index contributed by atoms with van der Waals surface area (Å²) in [5.74, 6) is -4.89. The zero-order valence-electron chi connectivity index (χ0n) is 35.5. The summed E-state index contributed by atoms with van der Waals surface area (Å²) in [6.07, 6.45) is 5.01. The number of imidazole rings is 1. The van der Waals surface area contributed by atoms with Gasteiger partial charge in [-0.1, -0.05) is 44.2 Å². The molecule has 1 aromatic carbocycles. The number of carbonyl (C=O) groups is 6. The third-order valence-corrected chi connectivity index (χ3v) is 10.6. The van der Waals surface area contributed by atoms with E-state index >= 15 is 0 Å². The zero-order valence-corrected chi connectivity index (χ0v) is 36.4. The molecular formula is C40H63N8O12P. The van der Waals surface area contributed by atoms with E-state index in [1.54, 1.807) is 6.33 Å². The van der Waals surface area contributed by atoms with Crippen LogP contribution in [0.5, 0.6) is 0 Å². The maximum Gasteiger partial charge on any atom is 0.469 e. The molecule has 61 heavy (non-hydrogen) atoms. The lowest BCUT2D eigenvalue weighted by Crippen LogP contribution is -2.61. The van der Waals surface area contributed by atoms with E-state index in [9.17, 15) is 48.2 Å². The minimum absolute atomic E-state index is 0.0650. The summed E-state index contributed by atoms with van der Waals surface area (Å²) in [4.78, 5) is 105. The van der Waals surface area contributed by atoms with E-state index in [4.69, 9.17) is 10.5 Å². The van der Waals surface area contributed by atoms with Gasteiger partial charge in [-0.2, -0.15) is 0 Å². The van der Waals surface area contributed by atoms with Gasteiger partial charge in [0.05, 0.1) is 38.2 Å². The predicted molar refractivity (Wildman–Crippen MR) is 222 cm³/mol. The maximum absolute atomic E-state index is 14.1. The van der Waals surface area contributed by atoms with Gasteiger partial charge < -0.3 is 56.1 Å². The van der Waals surface area contributed by atoms with Crippen molar-refractivity contribution in [3.8, 4) is 0 Å². The fourth-order valence-corrected chi connectivity index (χ4v) is 7.47. The van der Waals surface area contributed by atoms with Crippen LogP contribution < -0.4 is 27.0 Å². The van der Waals surface area contributed by atoms with Crippen molar-refractivity contribution in [2.24, 2.45) is 11.7 Å². The molecule has 1 fully saturated rings. The van der Waals surface area contributed by atoms with Gasteiger partial charge in [-0.15, -0.1) is 0 Å². The summed E-state index contributed by atoms with van der Waals surface area (Å²) in [5.41, 5.74) is 7.09. The van der Waals surface area contributed by atoms with E-state index in [0.717, 1.165) is 26.2 Å². The van der Waals surface area contributed by atoms with Gasteiger partial charge in [-0.25, -0.2) is 9.55 Å². The molecule has 6 atom stereocenters.